The number of hydrogen-bond acceptors (Lipinski definition) is 5. The molecular weight excluding hydrogens is 361 g/mol. The summed E-state index contributed by atoms with van der Waals surface area (Å²) in [6, 6.07) is 11.8. The second-order valence-corrected chi connectivity index (χ2v) is 7.54. The Bertz CT molecular complexity index is 914. The minimum atomic E-state index is -3.60. The Morgan fingerprint density at radius 3 is 2.65 bits per heavy atom. The van der Waals surface area contributed by atoms with E-state index in [2.05, 4.69) is 10.5 Å². The van der Waals surface area contributed by atoms with Gasteiger partial charge in [-0.05, 0) is 24.3 Å². The molecule has 26 heavy (non-hydrogen) atoms. The van der Waals surface area contributed by atoms with Gasteiger partial charge in [0.2, 0.25) is 10.0 Å². The van der Waals surface area contributed by atoms with E-state index in [1.54, 1.807) is 18.2 Å². The van der Waals surface area contributed by atoms with Crippen LogP contribution in [0.2, 0.25) is 0 Å². The quantitative estimate of drug-likeness (QED) is 0.589. The van der Waals surface area contributed by atoms with Crippen LogP contribution in [-0.2, 0) is 19.7 Å². The zero-order valence-electron chi connectivity index (χ0n) is 14.2. The Hall–Kier alpha value is -2.78. The first-order valence-electron chi connectivity index (χ1n) is 7.53. The Morgan fingerprint density at radius 1 is 1.23 bits per heavy atom. The van der Waals surface area contributed by atoms with Gasteiger partial charge < -0.3 is 10.2 Å². The van der Waals surface area contributed by atoms with Gasteiger partial charge >= 0.3 is 0 Å². The van der Waals surface area contributed by atoms with Gasteiger partial charge in [0.15, 0.2) is 6.61 Å². The van der Waals surface area contributed by atoms with Crippen molar-refractivity contribution in [1.82, 2.24) is 4.31 Å². The van der Waals surface area contributed by atoms with E-state index in [-0.39, 0.29) is 10.5 Å². The second-order valence-electron chi connectivity index (χ2n) is 5.39. The van der Waals surface area contributed by atoms with E-state index in [9.17, 15) is 17.6 Å². The summed E-state index contributed by atoms with van der Waals surface area (Å²) in [4.78, 5) is 16.7. The highest BCUT2D eigenvalue weighted by Crippen LogP contribution is 2.17. The average molecular weight is 379 g/mol. The molecule has 138 valence electrons. The lowest BCUT2D eigenvalue weighted by Crippen LogP contribution is -2.22. The lowest BCUT2D eigenvalue weighted by atomic mass is 10.2. The highest BCUT2D eigenvalue weighted by molar-refractivity contribution is 7.89. The number of nitrogens with zero attached hydrogens (tertiary/aromatic N) is 2. The molecule has 0 bridgehead atoms. The number of rotatable bonds is 7. The predicted molar refractivity (Wildman–Crippen MR) is 95.9 cm³/mol. The number of hydrogen-bond donors (Lipinski definition) is 1. The van der Waals surface area contributed by atoms with Gasteiger partial charge in [0.05, 0.1) is 11.1 Å². The van der Waals surface area contributed by atoms with Crippen molar-refractivity contribution >= 4 is 27.8 Å². The first-order chi connectivity index (χ1) is 12.3. The van der Waals surface area contributed by atoms with Gasteiger partial charge in [-0.1, -0.05) is 29.4 Å². The van der Waals surface area contributed by atoms with E-state index >= 15 is 0 Å². The average Bonchev–Trinajstić information content (AvgIpc) is 2.60. The Morgan fingerprint density at radius 2 is 1.96 bits per heavy atom. The van der Waals surface area contributed by atoms with E-state index in [1.165, 1.54) is 44.4 Å². The maximum absolute atomic E-state index is 13.4. The standard InChI is InChI=1S/C17H18FN3O4S/c1-21(2)26(23,24)15-8-5-7-14(10-15)20-17(22)12-25-19-11-13-6-3-4-9-16(13)18/h3-11H,12H2,1-2H3,(H,20,22)/b19-11-. The molecular formula is C17H18FN3O4S. The molecule has 0 spiro atoms. The summed E-state index contributed by atoms with van der Waals surface area (Å²) in [5.74, 6) is -0.988. The molecule has 0 aromatic heterocycles. The van der Waals surface area contributed by atoms with E-state index < -0.39 is 28.4 Å². The molecule has 0 aliphatic rings. The molecule has 0 unspecified atom stereocenters. The fourth-order valence-corrected chi connectivity index (χ4v) is 2.86. The fraction of sp³-hybridized carbons (Fsp3) is 0.176. The number of oxime groups is 1. The van der Waals surface area contributed by atoms with Gasteiger partial charge in [-0.25, -0.2) is 17.1 Å². The van der Waals surface area contributed by atoms with Crippen molar-refractivity contribution in [2.45, 2.75) is 4.90 Å². The third-order valence-electron chi connectivity index (χ3n) is 3.26. The van der Waals surface area contributed by atoms with Gasteiger partial charge in [-0.3, -0.25) is 4.79 Å². The third-order valence-corrected chi connectivity index (χ3v) is 5.07. The number of benzene rings is 2. The van der Waals surface area contributed by atoms with Crippen molar-refractivity contribution in [3.05, 3.63) is 59.9 Å². The zero-order valence-corrected chi connectivity index (χ0v) is 15.0. The smallest absolute Gasteiger partial charge is 0.265 e. The minimum absolute atomic E-state index is 0.0544. The Labute approximate surface area is 151 Å². The molecule has 1 amide bonds. The predicted octanol–water partition coefficient (Wildman–Crippen LogP) is 2.07. The van der Waals surface area contributed by atoms with Crippen LogP contribution in [0, 0.1) is 5.82 Å². The largest absolute Gasteiger partial charge is 0.386 e. The highest BCUT2D eigenvalue weighted by atomic mass is 32.2. The van der Waals surface area contributed by atoms with Crippen LogP contribution in [0.25, 0.3) is 0 Å². The summed E-state index contributed by atoms with van der Waals surface area (Å²) in [5.41, 5.74) is 0.536. The van der Waals surface area contributed by atoms with Crippen LogP contribution in [0.3, 0.4) is 0 Å². The van der Waals surface area contributed by atoms with Gasteiger partial charge in [0.25, 0.3) is 5.91 Å². The molecule has 0 saturated carbocycles. The first-order valence-corrected chi connectivity index (χ1v) is 8.97. The van der Waals surface area contributed by atoms with Crippen molar-refractivity contribution in [3.63, 3.8) is 0 Å². The lowest BCUT2D eigenvalue weighted by Gasteiger charge is -2.12. The SMILES string of the molecule is CN(C)S(=O)(=O)c1cccc(NC(=O)CO/N=C\c2ccccc2F)c1. The van der Waals surface area contributed by atoms with Crippen molar-refractivity contribution in [2.24, 2.45) is 5.16 Å². The number of sulfonamides is 1. The summed E-state index contributed by atoms with van der Waals surface area (Å²) in [5, 5.41) is 6.04. The highest BCUT2D eigenvalue weighted by Gasteiger charge is 2.17. The van der Waals surface area contributed by atoms with Gasteiger partial charge in [-0.15, -0.1) is 0 Å². The number of anilines is 1. The normalized spacial score (nSPS) is 11.7. The first kappa shape index (κ1) is 19.5. The molecule has 1 N–H and O–H groups in total. The maximum atomic E-state index is 13.4. The van der Waals surface area contributed by atoms with Crippen LogP contribution in [0.1, 0.15) is 5.56 Å². The molecule has 0 aliphatic heterocycles. The van der Waals surface area contributed by atoms with Crippen molar-refractivity contribution in [3.8, 4) is 0 Å². The molecule has 0 aliphatic carbocycles. The summed E-state index contributed by atoms with van der Waals surface area (Å²) in [7, 11) is -0.762. The molecule has 2 aromatic rings. The van der Waals surface area contributed by atoms with Crippen molar-refractivity contribution in [1.29, 1.82) is 0 Å². The summed E-state index contributed by atoms with van der Waals surface area (Å²) in [6.45, 7) is -0.407. The fourth-order valence-electron chi connectivity index (χ4n) is 1.91. The van der Waals surface area contributed by atoms with Crippen LogP contribution >= 0.6 is 0 Å². The number of carbonyl (C=O) groups is 1. The van der Waals surface area contributed by atoms with Gasteiger partial charge in [0.1, 0.15) is 5.82 Å². The zero-order chi connectivity index (χ0) is 19.2. The van der Waals surface area contributed by atoms with Gasteiger partial charge in [-0.2, -0.15) is 0 Å². The summed E-state index contributed by atoms with van der Waals surface area (Å²) >= 11 is 0. The minimum Gasteiger partial charge on any atom is -0.386 e. The molecule has 0 atom stereocenters. The van der Waals surface area contributed by atoms with E-state index in [1.807, 2.05) is 0 Å². The summed E-state index contributed by atoms with van der Waals surface area (Å²) < 4.78 is 38.6. The van der Waals surface area contributed by atoms with E-state index in [4.69, 9.17) is 4.84 Å². The Balaban J connectivity index is 1.93. The van der Waals surface area contributed by atoms with Crippen LogP contribution < -0.4 is 5.32 Å². The second kappa shape index (κ2) is 8.54. The molecule has 0 radical (unpaired) electrons. The molecule has 7 nitrogen and oxygen atoms in total. The monoisotopic (exact) mass is 379 g/mol. The molecule has 0 fully saturated rings. The van der Waals surface area contributed by atoms with Crippen LogP contribution in [0.5, 0.6) is 0 Å². The molecule has 2 rings (SSSR count). The topological polar surface area (TPSA) is 88.1 Å². The third kappa shape index (κ3) is 5.11. The number of nitrogens with one attached hydrogen (secondary N) is 1. The van der Waals surface area contributed by atoms with E-state index in [0.29, 0.717) is 5.69 Å². The number of halogens is 1. The molecule has 0 saturated heterocycles. The van der Waals surface area contributed by atoms with Gasteiger partial charge in [0, 0.05) is 25.3 Å². The van der Waals surface area contributed by atoms with Crippen molar-refractivity contribution < 1.29 is 22.4 Å². The molecule has 0 heterocycles. The summed E-state index contributed by atoms with van der Waals surface area (Å²) in [6.07, 6.45) is 1.16. The Kier molecular flexibility index (Phi) is 6.42. The van der Waals surface area contributed by atoms with Crippen LogP contribution in [0.15, 0.2) is 58.6 Å². The lowest BCUT2D eigenvalue weighted by molar-refractivity contribution is -0.120. The van der Waals surface area contributed by atoms with Crippen LogP contribution in [0.4, 0.5) is 10.1 Å². The number of amides is 1. The molecule has 2 aromatic carbocycles. The van der Waals surface area contributed by atoms with Crippen LogP contribution in [-0.4, -0.2) is 45.5 Å². The molecule has 9 heteroatoms. The van der Waals surface area contributed by atoms with E-state index in [0.717, 1.165) is 10.5 Å². The number of carbonyl (C=O) groups excluding carboxylic acids is 1. The van der Waals surface area contributed by atoms with Crippen molar-refractivity contribution in [2.75, 3.05) is 26.0 Å². The maximum Gasteiger partial charge on any atom is 0.265 e.